The fraction of sp³-hybridized carbons (Fsp3) is 0.333. The van der Waals surface area contributed by atoms with E-state index in [4.69, 9.17) is 23.4 Å². The molecule has 0 saturated carbocycles. The molecule has 0 radical (unpaired) electrons. The number of esters is 1. The van der Waals surface area contributed by atoms with E-state index in [1.807, 2.05) is 0 Å². The van der Waals surface area contributed by atoms with Gasteiger partial charge in [0.2, 0.25) is 6.29 Å². The standard InChI is InChI=1S/C24H24O12/c1-31-14-5-4-10(6-16(14)32-2)15-9-13(26)18-12(25)7-11(8-17(18)35-15)34-24-21(29)19(27)20(28)22(36-24)23(30)33-3/h4-9,19-22,24-25,27-29H,1-3H3/t19-,20-,21+,22-,24+/m0/s1. The van der Waals surface area contributed by atoms with Crippen molar-refractivity contribution in [2.45, 2.75) is 30.7 Å². The van der Waals surface area contributed by atoms with Crippen LogP contribution in [-0.4, -0.2) is 78.4 Å². The van der Waals surface area contributed by atoms with Crippen molar-refractivity contribution < 1.29 is 53.3 Å². The van der Waals surface area contributed by atoms with Gasteiger partial charge >= 0.3 is 5.97 Å². The van der Waals surface area contributed by atoms with Gasteiger partial charge < -0.3 is 48.5 Å². The van der Waals surface area contributed by atoms with E-state index in [9.17, 15) is 30.0 Å². The second-order valence-corrected chi connectivity index (χ2v) is 7.90. The maximum absolute atomic E-state index is 12.8. The molecule has 1 saturated heterocycles. The third kappa shape index (κ3) is 4.54. The van der Waals surface area contributed by atoms with Crippen LogP contribution in [-0.2, 0) is 14.3 Å². The van der Waals surface area contributed by atoms with E-state index in [-0.39, 0.29) is 22.5 Å². The van der Waals surface area contributed by atoms with E-state index in [2.05, 4.69) is 4.74 Å². The first-order chi connectivity index (χ1) is 17.2. The van der Waals surface area contributed by atoms with Gasteiger partial charge in [0.05, 0.1) is 21.3 Å². The van der Waals surface area contributed by atoms with Gasteiger partial charge in [0, 0.05) is 23.8 Å². The van der Waals surface area contributed by atoms with Gasteiger partial charge in [0.15, 0.2) is 23.0 Å². The van der Waals surface area contributed by atoms with Crippen molar-refractivity contribution in [2.75, 3.05) is 21.3 Å². The first-order valence-corrected chi connectivity index (χ1v) is 10.7. The summed E-state index contributed by atoms with van der Waals surface area (Å²) in [4.78, 5) is 24.7. The molecule has 0 aliphatic carbocycles. The number of rotatable bonds is 6. The van der Waals surface area contributed by atoms with Crippen molar-refractivity contribution in [3.05, 3.63) is 46.6 Å². The summed E-state index contributed by atoms with van der Waals surface area (Å²) >= 11 is 0. The Balaban J connectivity index is 1.71. The number of fused-ring (bicyclic) bond motifs is 1. The van der Waals surface area contributed by atoms with E-state index in [1.54, 1.807) is 18.2 Å². The van der Waals surface area contributed by atoms with E-state index in [0.29, 0.717) is 17.1 Å². The molecule has 4 N–H and O–H groups in total. The van der Waals surface area contributed by atoms with Gasteiger partial charge in [-0.1, -0.05) is 0 Å². The molecule has 2 aromatic carbocycles. The van der Waals surface area contributed by atoms with Crippen molar-refractivity contribution in [1.82, 2.24) is 0 Å². The van der Waals surface area contributed by atoms with Crippen LogP contribution >= 0.6 is 0 Å². The lowest BCUT2D eigenvalue weighted by Crippen LogP contribution is -2.61. The second kappa shape index (κ2) is 10.0. The Bertz CT molecular complexity index is 1330. The lowest BCUT2D eigenvalue weighted by molar-refractivity contribution is -0.271. The van der Waals surface area contributed by atoms with Crippen molar-refractivity contribution >= 4 is 16.9 Å². The number of phenols is 1. The smallest absolute Gasteiger partial charge is 0.337 e. The molecule has 1 aliphatic heterocycles. The number of phenolic OH excluding ortho intramolecular Hbond substituents is 1. The van der Waals surface area contributed by atoms with E-state index >= 15 is 0 Å². The second-order valence-electron chi connectivity index (χ2n) is 7.90. The number of carbonyl (C=O) groups excluding carboxylic acids is 1. The number of hydrogen-bond donors (Lipinski definition) is 4. The molecular weight excluding hydrogens is 480 g/mol. The molecule has 0 unspecified atom stereocenters. The highest BCUT2D eigenvalue weighted by molar-refractivity contribution is 5.86. The van der Waals surface area contributed by atoms with Crippen LogP contribution in [0.5, 0.6) is 23.0 Å². The Labute approximate surface area is 203 Å². The van der Waals surface area contributed by atoms with Crippen LogP contribution in [0.25, 0.3) is 22.3 Å². The molecule has 0 bridgehead atoms. The number of benzene rings is 2. The predicted octanol–water partition coefficient (Wildman–Crippen LogP) is 0.542. The molecule has 12 heteroatoms. The number of methoxy groups -OCH3 is 3. The Hall–Kier alpha value is -3.84. The van der Waals surface area contributed by atoms with Gasteiger partial charge in [-0.15, -0.1) is 0 Å². The molecule has 192 valence electrons. The van der Waals surface area contributed by atoms with Gasteiger partial charge in [0.25, 0.3) is 0 Å². The zero-order valence-corrected chi connectivity index (χ0v) is 19.4. The molecule has 1 aliphatic rings. The minimum atomic E-state index is -1.79. The maximum Gasteiger partial charge on any atom is 0.337 e. The fourth-order valence-electron chi connectivity index (χ4n) is 3.83. The molecule has 0 spiro atoms. The molecule has 4 rings (SSSR count). The van der Waals surface area contributed by atoms with Crippen LogP contribution in [0.15, 0.2) is 45.6 Å². The van der Waals surface area contributed by atoms with Crippen molar-refractivity contribution in [3.63, 3.8) is 0 Å². The average molecular weight is 504 g/mol. The van der Waals surface area contributed by atoms with Crippen molar-refractivity contribution in [2.24, 2.45) is 0 Å². The molecular formula is C24H24O12. The highest BCUT2D eigenvalue weighted by Gasteiger charge is 2.48. The van der Waals surface area contributed by atoms with Crippen LogP contribution in [0, 0.1) is 0 Å². The van der Waals surface area contributed by atoms with Crippen LogP contribution in [0.3, 0.4) is 0 Å². The van der Waals surface area contributed by atoms with Crippen LogP contribution in [0.2, 0.25) is 0 Å². The minimum absolute atomic E-state index is 0.0577. The molecule has 3 aromatic rings. The SMILES string of the molecule is COC(=O)[C@H]1O[C@@H](Oc2cc(O)c3c(=O)cc(-c4ccc(OC)c(OC)c4)oc3c2)[C@H](O)[C@@H](O)[C@@H]1O. The first-order valence-electron chi connectivity index (χ1n) is 10.7. The van der Waals surface area contributed by atoms with Gasteiger partial charge in [-0.25, -0.2) is 4.79 Å². The fourth-order valence-corrected chi connectivity index (χ4v) is 3.83. The summed E-state index contributed by atoms with van der Waals surface area (Å²) < 4.78 is 31.7. The van der Waals surface area contributed by atoms with Gasteiger partial charge in [-0.05, 0) is 18.2 Å². The molecule has 1 aromatic heterocycles. The van der Waals surface area contributed by atoms with Gasteiger partial charge in [-0.2, -0.15) is 0 Å². The van der Waals surface area contributed by atoms with Gasteiger partial charge in [0.1, 0.15) is 46.5 Å². The summed E-state index contributed by atoms with van der Waals surface area (Å²) in [6, 6.07) is 8.44. The van der Waals surface area contributed by atoms with Crippen molar-refractivity contribution in [1.29, 1.82) is 0 Å². The van der Waals surface area contributed by atoms with E-state index in [1.165, 1.54) is 26.4 Å². The summed E-state index contributed by atoms with van der Waals surface area (Å²) in [5.74, 6) is -0.560. The average Bonchev–Trinajstić information content (AvgIpc) is 2.87. The number of ether oxygens (including phenoxy) is 5. The summed E-state index contributed by atoms with van der Waals surface area (Å²) in [5.41, 5.74) is -0.109. The molecule has 36 heavy (non-hydrogen) atoms. The summed E-state index contributed by atoms with van der Waals surface area (Å²) in [6.07, 6.45) is -8.59. The Kier molecular flexibility index (Phi) is 7.04. The summed E-state index contributed by atoms with van der Waals surface area (Å²) in [5, 5.41) is 40.8. The van der Waals surface area contributed by atoms with Crippen LogP contribution < -0.4 is 19.6 Å². The monoisotopic (exact) mass is 504 g/mol. The number of aliphatic hydroxyl groups excluding tert-OH is 3. The molecule has 5 atom stereocenters. The van der Waals surface area contributed by atoms with Crippen LogP contribution in [0.1, 0.15) is 0 Å². The third-order valence-electron chi connectivity index (χ3n) is 5.71. The zero-order valence-electron chi connectivity index (χ0n) is 19.4. The minimum Gasteiger partial charge on any atom is -0.507 e. The lowest BCUT2D eigenvalue weighted by Gasteiger charge is -2.38. The predicted molar refractivity (Wildman–Crippen MR) is 122 cm³/mol. The van der Waals surface area contributed by atoms with Gasteiger partial charge in [-0.3, -0.25) is 4.79 Å². The highest BCUT2D eigenvalue weighted by atomic mass is 16.7. The maximum atomic E-state index is 12.8. The molecule has 2 heterocycles. The largest absolute Gasteiger partial charge is 0.507 e. The topological polar surface area (TPSA) is 174 Å². The number of carbonyl (C=O) groups is 1. The molecule has 1 fully saturated rings. The summed E-state index contributed by atoms with van der Waals surface area (Å²) in [6.45, 7) is 0. The van der Waals surface area contributed by atoms with E-state index < -0.39 is 47.9 Å². The summed E-state index contributed by atoms with van der Waals surface area (Å²) in [7, 11) is 4.01. The number of aliphatic hydroxyl groups is 3. The first kappa shape index (κ1) is 25.3. The lowest BCUT2D eigenvalue weighted by atomic mass is 9.99. The number of aromatic hydroxyl groups is 1. The Morgan fingerprint density at radius 2 is 1.64 bits per heavy atom. The molecule has 0 amide bonds. The van der Waals surface area contributed by atoms with Crippen LogP contribution in [0.4, 0.5) is 0 Å². The molecule has 12 nitrogen and oxygen atoms in total. The Morgan fingerprint density at radius 1 is 0.917 bits per heavy atom. The number of hydrogen-bond acceptors (Lipinski definition) is 12. The highest BCUT2D eigenvalue weighted by Crippen LogP contribution is 2.35. The normalized spacial score (nSPS) is 23.8. The Morgan fingerprint density at radius 3 is 2.31 bits per heavy atom. The quantitative estimate of drug-likeness (QED) is 0.344. The van der Waals surface area contributed by atoms with Crippen molar-refractivity contribution in [3.8, 4) is 34.3 Å². The third-order valence-corrected chi connectivity index (χ3v) is 5.71. The zero-order chi connectivity index (χ0) is 26.1. The van der Waals surface area contributed by atoms with E-state index in [0.717, 1.165) is 13.2 Å².